The molecule has 0 aliphatic heterocycles. The molecule has 2 N–H and O–H groups in total. The predicted molar refractivity (Wildman–Crippen MR) is 73.3 cm³/mol. The third kappa shape index (κ3) is 3.14. The number of rotatable bonds is 4. The van der Waals surface area contributed by atoms with Gasteiger partial charge in [-0.2, -0.15) is 0 Å². The van der Waals surface area contributed by atoms with Crippen LogP contribution in [0.5, 0.6) is 5.75 Å². The molecule has 0 saturated carbocycles. The number of hydrogen-bond acceptors (Lipinski definition) is 4. The number of hydrogen-bond donors (Lipinski definition) is 1. The van der Waals surface area contributed by atoms with E-state index in [2.05, 4.69) is 0 Å². The molecule has 0 aromatic heterocycles. The maximum absolute atomic E-state index is 10.8. The second-order valence-corrected chi connectivity index (χ2v) is 4.28. The van der Waals surface area contributed by atoms with Crippen LogP contribution in [0.25, 0.3) is 0 Å². The number of nitrogen functional groups attached to an aromatic ring is 1. The van der Waals surface area contributed by atoms with Crippen LogP contribution in [-0.2, 0) is 6.61 Å². The van der Waals surface area contributed by atoms with Gasteiger partial charge in [0.05, 0.1) is 9.95 Å². The molecule has 0 spiro atoms. The average molecular weight is 279 g/mol. The van der Waals surface area contributed by atoms with E-state index in [0.717, 1.165) is 0 Å². The molecule has 5 nitrogen and oxygen atoms in total. The monoisotopic (exact) mass is 278 g/mol. The van der Waals surface area contributed by atoms with Gasteiger partial charge >= 0.3 is 0 Å². The van der Waals surface area contributed by atoms with Gasteiger partial charge in [0.1, 0.15) is 18.0 Å². The molecule has 98 valence electrons. The lowest BCUT2D eigenvalue weighted by Gasteiger charge is -2.08. The Balaban J connectivity index is 2.14. The average Bonchev–Trinajstić information content (AvgIpc) is 2.39. The Bertz CT molecular complexity index is 617. The van der Waals surface area contributed by atoms with Gasteiger partial charge in [-0.25, -0.2) is 0 Å². The van der Waals surface area contributed by atoms with Crippen LogP contribution < -0.4 is 10.5 Å². The summed E-state index contributed by atoms with van der Waals surface area (Å²) >= 11 is 5.94. The van der Waals surface area contributed by atoms with Crippen LogP contribution in [0.15, 0.2) is 42.5 Å². The van der Waals surface area contributed by atoms with Gasteiger partial charge < -0.3 is 10.5 Å². The van der Waals surface area contributed by atoms with Crippen molar-refractivity contribution >= 4 is 23.0 Å². The number of nitro benzene ring substituents is 1. The SMILES string of the molecule is Nc1ccc(COc2ccccc2Cl)cc1[N+](=O)[O-]. The highest BCUT2D eigenvalue weighted by Crippen LogP contribution is 2.26. The van der Waals surface area contributed by atoms with Crippen LogP contribution in [0.3, 0.4) is 0 Å². The van der Waals surface area contributed by atoms with Crippen LogP contribution in [0.4, 0.5) is 11.4 Å². The fourth-order valence-electron chi connectivity index (χ4n) is 1.56. The molecular formula is C13H11ClN2O3. The Hall–Kier alpha value is -2.27. The quantitative estimate of drug-likeness (QED) is 0.528. The summed E-state index contributed by atoms with van der Waals surface area (Å²) in [6, 6.07) is 11.6. The number of halogens is 1. The van der Waals surface area contributed by atoms with Gasteiger partial charge in [0, 0.05) is 6.07 Å². The molecular weight excluding hydrogens is 268 g/mol. The van der Waals surface area contributed by atoms with E-state index in [1.165, 1.54) is 12.1 Å². The molecule has 0 unspecified atom stereocenters. The zero-order chi connectivity index (χ0) is 13.8. The topological polar surface area (TPSA) is 78.4 Å². The molecule has 0 fully saturated rings. The van der Waals surface area contributed by atoms with Gasteiger partial charge in [-0.05, 0) is 23.8 Å². The molecule has 0 aliphatic carbocycles. The highest BCUT2D eigenvalue weighted by molar-refractivity contribution is 6.32. The maximum Gasteiger partial charge on any atom is 0.292 e. The minimum Gasteiger partial charge on any atom is -0.487 e. The minimum absolute atomic E-state index is 0.125. The van der Waals surface area contributed by atoms with E-state index in [9.17, 15) is 10.1 Å². The van der Waals surface area contributed by atoms with Crippen molar-refractivity contribution in [3.63, 3.8) is 0 Å². The van der Waals surface area contributed by atoms with E-state index in [1.807, 2.05) is 0 Å². The Kier molecular flexibility index (Phi) is 3.87. The van der Waals surface area contributed by atoms with Gasteiger partial charge in [0.2, 0.25) is 0 Å². The second kappa shape index (κ2) is 5.58. The molecule has 2 rings (SSSR count). The highest BCUT2D eigenvalue weighted by atomic mass is 35.5. The molecule has 0 amide bonds. The number of nitrogens with two attached hydrogens (primary N) is 1. The zero-order valence-electron chi connectivity index (χ0n) is 9.88. The molecule has 0 radical (unpaired) electrons. The smallest absolute Gasteiger partial charge is 0.292 e. The molecule has 0 bridgehead atoms. The van der Waals surface area contributed by atoms with Crippen LogP contribution in [0.2, 0.25) is 5.02 Å². The van der Waals surface area contributed by atoms with Crippen LogP contribution >= 0.6 is 11.6 Å². The zero-order valence-corrected chi connectivity index (χ0v) is 10.6. The molecule has 2 aromatic rings. The van der Waals surface area contributed by atoms with Crippen molar-refractivity contribution in [1.29, 1.82) is 0 Å². The minimum atomic E-state index is -0.520. The standard InChI is InChI=1S/C13H11ClN2O3/c14-10-3-1-2-4-13(10)19-8-9-5-6-11(15)12(7-9)16(17)18/h1-7H,8,15H2. The molecule has 0 aliphatic rings. The lowest BCUT2D eigenvalue weighted by molar-refractivity contribution is -0.384. The van der Waals surface area contributed by atoms with E-state index in [-0.39, 0.29) is 18.0 Å². The number of para-hydroxylation sites is 1. The van der Waals surface area contributed by atoms with Crippen molar-refractivity contribution in [1.82, 2.24) is 0 Å². The van der Waals surface area contributed by atoms with E-state index < -0.39 is 4.92 Å². The lowest BCUT2D eigenvalue weighted by Crippen LogP contribution is -2.00. The summed E-state index contributed by atoms with van der Waals surface area (Å²) in [4.78, 5) is 10.2. The normalized spacial score (nSPS) is 10.2. The van der Waals surface area contributed by atoms with Gasteiger partial charge in [0.15, 0.2) is 0 Å². The first-order valence-corrected chi connectivity index (χ1v) is 5.86. The molecule has 0 saturated heterocycles. The van der Waals surface area contributed by atoms with Crippen molar-refractivity contribution in [2.75, 3.05) is 5.73 Å². The summed E-state index contributed by atoms with van der Waals surface area (Å²) in [7, 11) is 0. The summed E-state index contributed by atoms with van der Waals surface area (Å²) < 4.78 is 5.50. The van der Waals surface area contributed by atoms with Crippen LogP contribution in [-0.4, -0.2) is 4.92 Å². The van der Waals surface area contributed by atoms with Crippen molar-refractivity contribution in [3.8, 4) is 5.75 Å². The number of anilines is 1. The van der Waals surface area contributed by atoms with E-state index in [4.69, 9.17) is 22.1 Å². The summed E-state index contributed by atoms with van der Waals surface area (Å²) in [5.74, 6) is 0.531. The first-order chi connectivity index (χ1) is 9.08. The largest absolute Gasteiger partial charge is 0.487 e. The molecule has 19 heavy (non-hydrogen) atoms. The fourth-order valence-corrected chi connectivity index (χ4v) is 1.75. The fraction of sp³-hybridized carbons (Fsp3) is 0.0769. The first-order valence-electron chi connectivity index (χ1n) is 5.48. The lowest BCUT2D eigenvalue weighted by atomic mass is 10.2. The molecule has 6 heteroatoms. The van der Waals surface area contributed by atoms with Gasteiger partial charge in [-0.15, -0.1) is 0 Å². The Morgan fingerprint density at radius 2 is 2.00 bits per heavy atom. The second-order valence-electron chi connectivity index (χ2n) is 3.87. The van der Waals surface area contributed by atoms with Crippen molar-refractivity contribution in [3.05, 3.63) is 63.2 Å². The Morgan fingerprint density at radius 3 is 2.68 bits per heavy atom. The van der Waals surface area contributed by atoms with Crippen molar-refractivity contribution in [2.45, 2.75) is 6.61 Å². The van der Waals surface area contributed by atoms with Gasteiger partial charge in [0.25, 0.3) is 5.69 Å². The van der Waals surface area contributed by atoms with Crippen molar-refractivity contribution < 1.29 is 9.66 Å². The van der Waals surface area contributed by atoms with Crippen LogP contribution in [0.1, 0.15) is 5.56 Å². The van der Waals surface area contributed by atoms with E-state index >= 15 is 0 Å². The van der Waals surface area contributed by atoms with E-state index in [1.54, 1.807) is 30.3 Å². The first kappa shape index (κ1) is 13.2. The van der Waals surface area contributed by atoms with Gasteiger partial charge in [-0.1, -0.05) is 29.8 Å². The molecule has 2 aromatic carbocycles. The molecule has 0 atom stereocenters. The summed E-state index contributed by atoms with van der Waals surface area (Å²) in [5, 5.41) is 11.3. The van der Waals surface area contributed by atoms with Crippen molar-refractivity contribution in [2.24, 2.45) is 0 Å². The number of nitro groups is 1. The van der Waals surface area contributed by atoms with E-state index in [0.29, 0.717) is 16.3 Å². The maximum atomic E-state index is 10.8. The third-order valence-corrected chi connectivity index (χ3v) is 2.83. The molecule has 0 heterocycles. The van der Waals surface area contributed by atoms with Gasteiger partial charge in [-0.3, -0.25) is 10.1 Å². The Labute approximate surface area is 114 Å². The predicted octanol–water partition coefficient (Wildman–Crippen LogP) is 3.41. The number of nitrogens with zero attached hydrogens (tertiary/aromatic N) is 1. The van der Waals surface area contributed by atoms with Crippen LogP contribution in [0, 0.1) is 10.1 Å². The summed E-state index contributed by atoms with van der Waals surface area (Å²) in [5.41, 5.74) is 6.18. The third-order valence-electron chi connectivity index (χ3n) is 2.52. The number of benzene rings is 2. The Morgan fingerprint density at radius 1 is 1.26 bits per heavy atom. The number of ether oxygens (including phenoxy) is 1. The summed E-state index contributed by atoms with van der Waals surface area (Å²) in [6.45, 7) is 0.185. The highest BCUT2D eigenvalue weighted by Gasteiger charge is 2.12. The summed E-state index contributed by atoms with van der Waals surface area (Å²) in [6.07, 6.45) is 0.